The van der Waals surface area contributed by atoms with Crippen LogP contribution in [0.25, 0.3) is 0 Å². The van der Waals surface area contributed by atoms with Crippen LogP contribution in [0.3, 0.4) is 0 Å². The average Bonchev–Trinajstić information content (AvgIpc) is 3.05. The summed E-state index contributed by atoms with van der Waals surface area (Å²) in [6.07, 6.45) is -0.537. The smallest absolute Gasteiger partial charge is 0.341 e. The summed E-state index contributed by atoms with van der Waals surface area (Å²) >= 11 is 0. The molecule has 1 unspecified atom stereocenters. The number of fused-ring (bicyclic) bond motifs is 2. The molecule has 1 atom stereocenters. The van der Waals surface area contributed by atoms with Crippen LogP contribution in [0.2, 0.25) is 0 Å². The Labute approximate surface area is 183 Å². The highest BCUT2D eigenvalue weighted by Crippen LogP contribution is 2.52. The third-order valence-corrected chi connectivity index (χ3v) is 5.08. The van der Waals surface area contributed by atoms with Gasteiger partial charge in [0.25, 0.3) is 0 Å². The number of ether oxygens (including phenoxy) is 5. The molecule has 0 saturated heterocycles. The number of carbonyl (C=O) groups excluding carboxylic acids is 4. The predicted molar refractivity (Wildman–Crippen MR) is 108 cm³/mol. The molecule has 0 radical (unpaired) electrons. The molecule has 170 valence electrons. The van der Waals surface area contributed by atoms with Gasteiger partial charge in [0.05, 0.1) is 20.8 Å². The summed E-state index contributed by atoms with van der Waals surface area (Å²) in [5.41, 5.74) is 3.81. The number of nitrogens with two attached hydrogens (primary N) is 1. The molecule has 11 heteroatoms. The lowest BCUT2D eigenvalue weighted by Gasteiger charge is -2.35. The number of nitrogens with one attached hydrogen (secondary N) is 1. The Hall–Kier alpha value is -3.86. The van der Waals surface area contributed by atoms with E-state index in [2.05, 4.69) is 10.1 Å². The molecule has 3 rings (SSSR count). The van der Waals surface area contributed by atoms with E-state index in [-0.39, 0.29) is 30.1 Å². The highest BCUT2D eigenvalue weighted by Gasteiger charge is 2.62. The number of hydrogen-bond donors (Lipinski definition) is 2. The third kappa shape index (κ3) is 3.56. The number of methoxy groups -OCH3 is 3. The van der Waals surface area contributed by atoms with Gasteiger partial charge in [-0.1, -0.05) is 18.2 Å². The number of rotatable bonds is 7. The lowest BCUT2D eigenvalue weighted by molar-refractivity contribution is -0.143. The lowest BCUT2D eigenvalue weighted by Crippen LogP contribution is -2.49. The Morgan fingerprint density at radius 1 is 1.03 bits per heavy atom. The molecule has 1 aromatic carbocycles. The SMILES string of the molecule is COCCOC(=O)C1=C(N)OC(CC(=O)OC)=C(C(=O)OC)C12C(=O)Nc1ccccc12. The van der Waals surface area contributed by atoms with Crippen molar-refractivity contribution in [3.05, 3.63) is 52.6 Å². The van der Waals surface area contributed by atoms with E-state index in [1.807, 2.05) is 0 Å². The van der Waals surface area contributed by atoms with Crippen LogP contribution in [0.5, 0.6) is 0 Å². The van der Waals surface area contributed by atoms with Crippen LogP contribution in [0.15, 0.2) is 47.1 Å². The van der Waals surface area contributed by atoms with Crippen molar-refractivity contribution in [2.75, 3.05) is 39.9 Å². The van der Waals surface area contributed by atoms with Crippen LogP contribution in [-0.4, -0.2) is 58.4 Å². The summed E-state index contributed by atoms with van der Waals surface area (Å²) in [5, 5.41) is 2.65. The minimum absolute atomic E-state index is 0.0862. The second-order valence-corrected chi connectivity index (χ2v) is 6.76. The van der Waals surface area contributed by atoms with Crippen LogP contribution in [0.4, 0.5) is 5.69 Å². The van der Waals surface area contributed by atoms with Crippen molar-refractivity contribution >= 4 is 29.5 Å². The summed E-state index contributed by atoms with van der Waals surface area (Å²) in [6.45, 7) is -0.0550. The number of carbonyl (C=O) groups is 4. The molecule has 1 spiro atoms. The van der Waals surface area contributed by atoms with Crippen molar-refractivity contribution in [2.24, 2.45) is 5.73 Å². The summed E-state index contributed by atoms with van der Waals surface area (Å²) < 4.78 is 25.2. The van der Waals surface area contributed by atoms with Gasteiger partial charge in [-0.3, -0.25) is 9.59 Å². The molecule has 3 N–H and O–H groups in total. The predicted octanol–water partition coefficient (Wildman–Crippen LogP) is 0.257. The fourth-order valence-electron chi connectivity index (χ4n) is 3.75. The number of hydrogen-bond acceptors (Lipinski definition) is 10. The number of amides is 1. The van der Waals surface area contributed by atoms with Crippen LogP contribution in [-0.2, 0) is 48.3 Å². The minimum Gasteiger partial charge on any atom is -0.469 e. The van der Waals surface area contributed by atoms with Gasteiger partial charge in [-0.25, -0.2) is 9.59 Å². The van der Waals surface area contributed by atoms with Gasteiger partial charge in [-0.2, -0.15) is 0 Å². The Kier molecular flexibility index (Phi) is 6.49. The van der Waals surface area contributed by atoms with E-state index >= 15 is 0 Å². The van der Waals surface area contributed by atoms with Gasteiger partial charge < -0.3 is 34.7 Å². The maximum absolute atomic E-state index is 13.5. The van der Waals surface area contributed by atoms with Crippen molar-refractivity contribution in [3.63, 3.8) is 0 Å². The highest BCUT2D eigenvalue weighted by molar-refractivity contribution is 6.21. The summed E-state index contributed by atoms with van der Waals surface area (Å²) in [7, 11) is 3.66. The summed E-state index contributed by atoms with van der Waals surface area (Å²) in [4.78, 5) is 51.6. The fraction of sp³-hybridized carbons (Fsp3) is 0.333. The lowest BCUT2D eigenvalue weighted by atomic mass is 9.67. The molecule has 0 fully saturated rings. The molecule has 2 aliphatic heterocycles. The first-order valence-electron chi connectivity index (χ1n) is 9.46. The summed E-state index contributed by atoms with van der Waals surface area (Å²) in [6, 6.07) is 6.43. The zero-order chi connectivity index (χ0) is 23.5. The Morgan fingerprint density at radius 2 is 1.75 bits per heavy atom. The van der Waals surface area contributed by atoms with E-state index < -0.39 is 47.1 Å². The molecule has 1 amide bonds. The molecule has 0 bridgehead atoms. The van der Waals surface area contributed by atoms with E-state index in [4.69, 9.17) is 24.7 Å². The third-order valence-electron chi connectivity index (χ3n) is 5.08. The van der Waals surface area contributed by atoms with Gasteiger partial charge in [0.1, 0.15) is 35.3 Å². The standard InChI is InChI=1S/C21H22N2O9/c1-28-8-9-31-19(26)16-17(22)32-13(10-14(24)29-2)15(18(25)30-3)21(16)11-6-4-5-7-12(11)23-20(21)27/h4-7H,8-10,22H2,1-3H3,(H,23,27). The van der Waals surface area contributed by atoms with E-state index in [9.17, 15) is 19.2 Å². The van der Waals surface area contributed by atoms with E-state index in [0.717, 1.165) is 14.2 Å². The number of benzene rings is 1. The average molecular weight is 446 g/mol. The monoisotopic (exact) mass is 446 g/mol. The van der Waals surface area contributed by atoms with Crippen molar-refractivity contribution in [1.29, 1.82) is 0 Å². The fourth-order valence-corrected chi connectivity index (χ4v) is 3.75. The Bertz CT molecular complexity index is 1040. The topological polar surface area (TPSA) is 152 Å². The van der Waals surface area contributed by atoms with Gasteiger partial charge >= 0.3 is 17.9 Å². The molecule has 2 heterocycles. The van der Waals surface area contributed by atoms with Gasteiger partial charge in [-0.15, -0.1) is 0 Å². The van der Waals surface area contributed by atoms with Gasteiger partial charge in [-0.05, 0) is 6.07 Å². The Balaban J connectivity index is 2.32. The number of anilines is 1. The van der Waals surface area contributed by atoms with E-state index in [1.165, 1.54) is 7.11 Å². The molecule has 0 aromatic heterocycles. The maximum Gasteiger partial charge on any atom is 0.341 e. The van der Waals surface area contributed by atoms with E-state index in [0.29, 0.717) is 5.69 Å². The van der Waals surface area contributed by atoms with Crippen LogP contribution >= 0.6 is 0 Å². The number of esters is 3. The minimum atomic E-state index is -2.07. The van der Waals surface area contributed by atoms with Gasteiger partial charge in [0, 0.05) is 18.4 Å². The Morgan fingerprint density at radius 3 is 2.41 bits per heavy atom. The maximum atomic E-state index is 13.5. The molecule has 1 aromatic rings. The van der Waals surface area contributed by atoms with Crippen LogP contribution in [0, 0.1) is 0 Å². The zero-order valence-corrected chi connectivity index (χ0v) is 17.7. The van der Waals surface area contributed by atoms with Crippen molar-refractivity contribution in [1.82, 2.24) is 0 Å². The van der Waals surface area contributed by atoms with Gasteiger partial charge in [0.2, 0.25) is 11.8 Å². The molecule has 11 nitrogen and oxygen atoms in total. The van der Waals surface area contributed by atoms with Crippen molar-refractivity contribution in [2.45, 2.75) is 11.8 Å². The first-order valence-corrected chi connectivity index (χ1v) is 9.46. The quantitative estimate of drug-likeness (QED) is 0.339. The second-order valence-electron chi connectivity index (χ2n) is 6.76. The molecule has 0 aliphatic carbocycles. The van der Waals surface area contributed by atoms with E-state index in [1.54, 1.807) is 24.3 Å². The molecule has 32 heavy (non-hydrogen) atoms. The first-order chi connectivity index (χ1) is 15.3. The molecule has 0 saturated carbocycles. The molecule has 2 aliphatic rings. The molecular formula is C21H22N2O9. The second kappa shape index (κ2) is 9.10. The normalized spacial score (nSPS) is 19.3. The van der Waals surface area contributed by atoms with Crippen LogP contribution < -0.4 is 11.1 Å². The van der Waals surface area contributed by atoms with Crippen molar-refractivity contribution in [3.8, 4) is 0 Å². The van der Waals surface area contributed by atoms with Gasteiger partial charge in [0.15, 0.2) is 0 Å². The molecular weight excluding hydrogens is 424 g/mol. The van der Waals surface area contributed by atoms with Crippen molar-refractivity contribution < 1.29 is 42.9 Å². The van der Waals surface area contributed by atoms with Crippen LogP contribution in [0.1, 0.15) is 12.0 Å². The largest absolute Gasteiger partial charge is 0.469 e. The number of para-hydroxylation sites is 1. The highest BCUT2D eigenvalue weighted by atomic mass is 16.6. The zero-order valence-electron chi connectivity index (χ0n) is 17.7. The summed E-state index contributed by atoms with van der Waals surface area (Å²) in [5.74, 6) is -4.28. The first kappa shape index (κ1) is 22.8.